The Labute approximate surface area is 190 Å². The van der Waals surface area contributed by atoms with Crippen LogP contribution in [0, 0.1) is 41.2 Å². The van der Waals surface area contributed by atoms with Gasteiger partial charge in [0.05, 0.1) is 22.4 Å². The maximum absolute atomic E-state index is 15.6. The van der Waals surface area contributed by atoms with E-state index in [-0.39, 0.29) is 17.2 Å². The zero-order chi connectivity index (χ0) is 24.2. The molecule has 0 saturated heterocycles. The van der Waals surface area contributed by atoms with Gasteiger partial charge in [-0.2, -0.15) is 0 Å². The van der Waals surface area contributed by atoms with Crippen LogP contribution < -0.4 is 10.2 Å². The molecule has 2 heterocycles. The Bertz CT molecular complexity index is 1390. The van der Waals surface area contributed by atoms with Crippen molar-refractivity contribution in [1.82, 2.24) is 4.98 Å². The van der Waals surface area contributed by atoms with Gasteiger partial charge < -0.3 is 15.4 Å². The van der Waals surface area contributed by atoms with Crippen molar-refractivity contribution in [2.24, 2.45) is 0 Å². The first-order valence-electron chi connectivity index (χ1n) is 10.5. The number of aromatic nitrogens is 1. The van der Waals surface area contributed by atoms with E-state index in [0.29, 0.717) is 39.0 Å². The molecule has 5 N–H and O–H groups in total. The van der Waals surface area contributed by atoms with E-state index in [4.69, 9.17) is 10.8 Å². The Morgan fingerprint density at radius 3 is 2.58 bits per heavy atom. The molecule has 3 aromatic rings. The number of rotatable bonds is 2. The fourth-order valence-corrected chi connectivity index (χ4v) is 4.33. The molecule has 0 spiro atoms. The van der Waals surface area contributed by atoms with Gasteiger partial charge in [0, 0.05) is 28.3 Å². The second kappa shape index (κ2) is 7.71. The molecule has 170 valence electrons. The van der Waals surface area contributed by atoms with Gasteiger partial charge in [-0.25, -0.2) is 8.78 Å². The summed E-state index contributed by atoms with van der Waals surface area (Å²) in [6.07, 6.45) is 0.504. The summed E-state index contributed by atoms with van der Waals surface area (Å²) < 4.78 is 30.2. The quantitative estimate of drug-likeness (QED) is 0.213. The van der Waals surface area contributed by atoms with Crippen molar-refractivity contribution in [3.63, 3.8) is 0 Å². The minimum atomic E-state index is -1.15. The van der Waals surface area contributed by atoms with E-state index < -0.39 is 23.3 Å². The number of benzene rings is 2. The van der Waals surface area contributed by atoms with Crippen LogP contribution in [0.2, 0.25) is 0 Å². The van der Waals surface area contributed by atoms with Crippen molar-refractivity contribution in [2.45, 2.75) is 46.3 Å². The molecule has 0 saturated carbocycles. The topological polar surface area (TPSA) is 99.0 Å². The van der Waals surface area contributed by atoms with Gasteiger partial charge in [0.25, 0.3) is 0 Å². The van der Waals surface area contributed by atoms with Crippen LogP contribution in [0.4, 0.5) is 20.2 Å². The number of aliphatic hydroxyl groups excluding tert-OH is 1. The third-order valence-electron chi connectivity index (χ3n) is 5.90. The number of nitrogens with one attached hydrogen (secondary N) is 4. The van der Waals surface area contributed by atoms with E-state index in [2.05, 4.69) is 22.1 Å². The van der Waals surface area contributed by atoms with Crippen molar-refractivity contribution in [2.75, 3.05) is 10.2 Å². The maximum atomic E-state index is 15.6. The van der Waals surface area contributed by atoms with Crippen molar-refractivity contribution < 1.29 is 13.9 Å². The minimum Gasteiger partial charge on any atom is -0.385 e. The number of H-pyrrole nitrogens is 1. The Balaban J connectivity index is 2.06. The zero-order valence-electron chi connectivity index (χ0n) is 19.0. The first-order valence-corrected chi connectivity index (χ1v) is 10.5. The van der Waals surface area contributed by atoms with E-state index in [1.54, 1.807) is 33.9 Å². The largest absolute Gasteiger partial charge is 0.385 e. The predicted molar refractivity (Wildman–Crippen MR) is 128 cm³/mol. The standard InChI is InChI=1S/C25H25F2N5O/c1-6-7-14-11-30-21-16(14)8-15(26)9-17(21)20-12(2)22-19(10-18(20)27)31-25(4,5)24(29)32(22)23(28)13(3)33/h8-11,13,28-31,33H,1-5H3. The summed E-state index contributed by atoms with van der Waals surface area (Å²) in [5, 5.41) is 30.9. The molecule has 33 heavy (non-hydrogen) atoms. The highest BCUT2D eigenvalue weighted by Crippen LogP contribution is 2.45. The van der Waals surface area contributed by atoms with E-state index in [0.717, 1.165) is 0 Å². The van der Waals surface area contributed by atoms with Crippen LogP contribution in [0.1, 0.15) is 38.8 Å². The lowest BCUT2D eigenvalue weighted by atomic mass is 9.90. The lowest BCUT2D eigenvalue weighted by molar-refractivity contribution is 0.259. The third kappa shape index (κ3) is 3.45. The van der Waals surface area contributed by atoms with Gasteiger partial charge in [-0.15, -0.1) is 5.92 Å². The average Bonchev–Trinajstić information content (AvgIpc) is 3.11. The van der Waals surface area contributed by atoms with Crippen molar-refractivity contribution in [3.8, 4) is 23.0 Å². The zero-order valence-corrected chi connectivity index (χ0v) is 19.0. The highest BCUT2D eigenvalue weighted by atomic mass is 19.1. The van der Waals surface area contributed by atoms with Gasteiger partial charge in [0.1, 0.15) is 29.4 Å². The van der Waals surface area contributed by atoms with Crippen molar-refractivity contribution >= 4 is 33.9 Å². The molecule has 0 amide bonds. The summed E-state index contributed by atoms with van der Waals surface area (Å²) in [6, 6.07) is 3.91. The van der Waals surface area contributed by atoms with Gasteiger partial charge in [0.15, 0.2) is 0 Å². The number of halogens is 2. The number of nitrogens with zero attached hydrogens (tertiary/aromatic N) is 1. The average molecular weight is 450 g/mol. The van der Waals surface area contributed by atoms with Crippen LogP contribution in [0.5, 0.6) is 0 Å². The normalized spacial score (nSPS) is 15.5. The van der Waals surface area contributed by atoms with Gasteiger partial charge in [-0.3, -0.25) is 15.7 Å². The number of anilines is 2. The Kier molecular flexibility index (Phi) is 5.26. The van der Waals surface area contributed by atoms with E-state index >= 15 is 4.39 Å². The van der Waals surface area contributed by atoms with E-state index in [9.17, 15) is 9.50 Å². The third-order valence-corrected chi connectivity index (χ3v) is 5.90. The maximum Gasteiger partial charge on any atom is 0.135 e. The molecule has 1 aliphatic heterocycles. The molecule has 8 heteroatoms. The summed E-state index contributed by atoms with van der Waals surface area (Å²) in [5.41, 5.74) is 1.86. The minimum absolute atomic E-state index is 0.0336. The fraction of sp³-hybridized carbons (Fsp3) is 0.280. The van der Waals surface area contributed by atoms with Crippen LogP contribution in [0.3, 0.4) is 0 Å². The number of hydrogen-bond acceptors (Lipinski definition) is 4. The molecule has 0 radical (unpaired) electrons. The molecule has 0 aliphatic carbocycles. The monoisotopic (exact) mass is 449 g/mol. The summed E-state index contributed by atoms with van der Waals surface area (Å²) in [4.78, 5) is 4.41. The second-order valence-electron chi connectivity index (χ2n) is 8.70. The number of fused-ring (bicyclic) bond motifs is 2. The molecular weight excluding hydrogens is 424 g/mol. The Morgan fingerprint density at radius 2 is 1.94 bits per heavy atom. The summed E-state index contributed by atoms with van der Waals surface area (Å²) in [6.45, 7) is 8.27. The molecular formula is C25H25F2N5O. The smallest absolute Gasteiger partial charge is 0.135 e. The second-order valence-corrected chi connectivity index (χ2v) is 8.70. The highest BCUT2D eigenvalue weighted by Gasteiger charge is 2.40. The molecule has 1 aliphatic rings. The van der Waals surface area contributed by atoms with Crippen LogP contribution in [-0.4, -0.2) is 33.4 Å². The Hall–Kier alpha value is -3.70. The predicted octanol–water partition coefficient (Wildman–Crippen LogP) is 5.14. The van der Waals surface area contributed by atoms with Gasteiger partial charge in [-0.1, -0.05) is 5.92 Å². The molecule has 2 aromatic carbocycles. The summed E-state index contributed by atoms with van der Waals surface area (Å²) in [7, 11) is 0. The van der Waals surface area contributed by atoms with Crippen molar-refractivity contribution in [3.05, 3.63) is 47.2 Å². The first kappa shape index (κ1) is 22.5. The number of amidine groups is 2. The SMILES string of the molecule is CC#Cc1c[nH]c2c(-c3c(F)cc4c(c3C)N(C(=N)C(C)O)C(=N)C(C)(C)N4)cc(F)cc12. The van der Waals surface area contributed by atoms with Crippen LogP contribution in [0.15, 0.2) is 24.4 Å². The van der Waals surface area contributed by atoms with E-state index in [1.807, 2.05) is 0 Å². The van der Waals surface area contributed by atoms with Crippen LogP contribution in [0.25, 0.3) is 22.0 Å². The summed E-state index contributed by atoms with van der Waals surface area (Å²) >= 11 is 0. The van der Waals surface area contributed by atoms with Crippen LogP contribution >= 0.6 is 0 Å². The first-order chi connectivity index (χ1) is 15.5. The number of aromatic amines is 1. The van der Waals surface area contributed by atoms with Gasteiger partial charge in [-0.05, 0) is 58.4 Å². The lowest BCUT2D eigenvalue weighted by Crippen LogP contribution is -2.57. The highest BCUT2D eigenvalue weighted by molar-refractivity contribution is 6.25. The fourth-order valence-electron chi connectivity index (χ4n) is 4.33. The molecule has 0 bridgehead atoms. The Morgan fingerprint density at radius 1 is 1.24 bits per heavy atom. The van der Waals surface area contributed by atoms with Crippen LogP contribution in [-0.2, 0) is 0 Å². The molecule has 6 nitrogen and oxygen atoms in total. The van der Waals surface area contributed by atoms with E-state index in [1.165, 1.54) is 30.0 Å². The van der Waals surface area contributed by atoms with Gasteiger partial charge in [0.2, 0.25) is 0 Å². The van der Waals surface area contributed by atoms with Crippen molar-refractivity contribution in [1.29, 1.82) is 10.8 Å². The summed E-state index contributed by atoms with van der Waals surface area (Å²) in [5.74, 6) is 4.43. The lowest BCUT2D eigenvalue weighted by Gasteiger charge is -2.43. The molecule has 1 unspecified atom stereocenters. The molecule has 1 atom stereocenters. The number of hydrogen-bond donors (Lipinski definition) is 5. The molecule has 1 aromatic heterocycles. The van der Waals surface area contributed by atoms with Gasteiger partial charge >= 0.3 is 0 Å². The number of aliphatic hydroxyl groups is 1. The molecule has 0 fully saturated rings. The molecule has 4 rings (SSSR count).